The first-order valence-electron chi connectivity index (χ1n) is 5.02. The van der Waals surface area contributed by atoms with Crippen molar-refractivity contribution in [3.05, 3.63) is 16.3 Å². The van der Waals surface area contributed by atoms with Crippen molar-refractivity contribution in [2.45, 2.75) is 26.3 Å². The summed E-state index contributed by atoms with van der Waals surface area (Å²) in [5, 5.41) is 12.0. The van der Waals surface area contributed by atoms with Gasteiger partial charge < -0.3 is 5.32 Å². The van der Waals surface area contributed by atoms with Crippen LogP contribution >= 0.6 is 23.4 Å². The molecule has 1 N–H and O–H groups in total. The molecule has 0 saturated carbocycles. The second-order valence-corrected chi connectivity index (χ2v) is 5.30. The fourth-order valence-electron chi connectivity index (χ4n) is 1.56. The molecule has 1 aromatic heterocycles. The molecule has 3 nitrogen and oxygen atoms in total. The number of anilines is 1. The Labute approximate surface area is 99.0 Å². The van der Waals surface area contributed by atoms with Crippen LogP contribution < -0.4 is 5.32 Å². The molecule has 0 radical (unpaired) electrons. The monoisotopic (exact) mass is 243 g/mol. The number of hydrogen-bond acceptors (Lipinski definition) is 4. The first-order chi connectivity index (χ1) is 7.18. The van der Waals surface area contributed by atoms with Crippen LogP contribution in [0.25, 0.3) is 0 Å². The quantitative estimate of drug-likeness (QED) is 0.867. The average Bonchev–Trinajstić information content (AvgIpc) is 2.72. The van der Waals surface area contributed by atoms with Gasteiger partial charge in [0.15, 0.2) is 11.0 Å². The van der Waals surface area contributed by atoms with Crippen molar-refractivity contribution in [3.63, 3.8) is 0 Å². The van der Waals surface area contributed by atoms with E-state index >= 15 is 0 Å². The zero-order chi connectivity index (χ0) is 10.8. The van der Waals surface area contributed by atoms with E-state index in [-0.39, 0.29) is 0 Å². The Balaban J connectivity index is 2.17. The van der Waals surface area contributed by atoms with E-state index in [2.05, 4.69) is 15.5 Å². The lowest BCUT2D eigenvalue weighted by Gasteiger charge is -2.14. The Kier molecular flexibility index (Phi) is 3.36. The lowest BCUT2D eigenvalue weighted by atomic mass is 10.2. The van der Waals surface area contributed by atoms with Crippen LogP contribution in [0, 0.1) is 13.8 Å². The van der Waals surface area contributed by atoms with Gasteiger partial charge in [0, 0.05) is 11.8 Å². The van der Waals surface area contributed by atoms with Crippen LogP contribution in [-0.4, -0.2) is 27.7 Å². The number of halogens is 1. The van der Waals surface area contributed by atoms with E-state index in [0.717, 1.165) is 22.7 Å². The summed E-state index contributed by atoms with van der Waals surface area (Å²) in [6.45, 7) is 4.00. The van der Waals surface area contributed by atoms with Crippen LogP contribution in [0.5, 0.6) is 0 Å². The summed E-state index contributed by atoms with van der Waals surface area (Å²) in [4.78, 5) is 0. The van der Waals surface area contributed by atoms with E-state index in [9.17, 15) is 0 Å². The molecule has 0 aliphatic carbocycles. The van der Waals surface area contributed by atoms with Gasteiger partial charge in [0.2, 0.25) is 0 Å². The lowest BCUT2D eigenvalue weighted by Crippen LogP contribution is -2.20. The molecule has 1 atom stereocenters. The summed E-state index contributed by atoms with van der Waals surface area (Å²) in [7, 11) is 0. The van der Waals surface area contributed by atoms with Gasteiger partial charge in [-0.15, -0.1) is 10.2 Å². The molecule has 0 aromatic carbocycles. The minimum Gasteiger partial charge on any atom is -0.365 e. The second kappa shape index (κ2) is 4.58. The van der Waals surface area contributed by atoms with Crippen molar-refractivity contribution >= 4 is 29.2 Å². The molecule has 1 aliphatic heterocycles. The van der Waals surface area contributed by atoms with Gasteiger partial charge in [0.25, 0.3) is 0 Å². The number of nitrogens with one attached hydrogen (secondary N) is 1. The molecular formula is C10H14ClN3S. The highest BCUT2D eigenvalue weighted by Gasteiger charge is 2.17. The molecule has 1 fully saturated rings. The molecule has 5 heteroatoms. The standard InChI is InChI=1S/C10H14ClN3S/c1-6-7(2)10(14-13-9(6)11)12-8-3-4-15-5-8/h8H,3-5H2,1-2H3,(H,12,14). The Morgan fingerprint density at radius 3 is 2.80 bits per heavy atom. The normalized spacial score (nSPS) is 20.6. The van der Waals surface area contributed by atoms with E-state index in [1.54, 1.807) is 0 Å². The highest BCUT2D eigenvalue weighted by Crippen LogP contribution is 2.24. The average molecular weight is 244 g/mol. The van der Waals surface area contributed by atoms with E-state index < -0.39 is 0 Å². The van der Waals surface area contributed by atoms with E-state index in [1.165, 1.54) is 12.2 Å². The predicted octanol–water partition coefficient (Wildman–Crippen LogP) is 2.66. The first kappa shape index (κ1) is 11.0. The van der Waals surface area contributed by atoms with Crippen LogP contribution in [0.2, 0.25) is 5.15 Å². The highest BCUT2D eigenvalue weighted by molar-refractivity contribution is 7.99. The second-order valence-electron chi connectivity index (χ2n) is 3.79. The zero-order valence-electron chi connectivity index (χ0n) is 8.88. The van der Waals surface area contributed by atoms with Crippen molar-refractivity contribution in [1.82, 2.24) is 10.2 Å². The third kappa shape index (κ3) is 2.37. The van der Waals surface area contributed by atoms with Crippen LogP contribution in [0.15, 0.2) is 0 Å². The smallest absolute Gasteiger partial charge is 0.155 e. The zero-order valence-corrected chi connectivity index (χ0v) is 10.5. The van der Waals surface area contributed by atoms with Crippen LogP contribution in [0.1, 0.15) is 17.5 Å². The highest BCUT2D eigenvalue weighted by atomic mass is 35.5. The Morgan fingerprint density at radius 1 is 1.33 bits per heavy atom. The number of hydrogen-bond donors (Lipinski definition) is 1. The molecule has 0 bridgehead atoms. The molecule has 2 heterocycles. The maximum Gasteiger partial charge on any atom is 0.155 e. The molecule has 1 saturated heterocycles. The summed E-state index contributed by atoms with van der Waals surface area (Å²) in [6.07, 6.45) is 1.20. The third-order valence-electron chi connectivity index (χ3n) is 2.74. The lowest BCUT2D eigenvalue weighted by molar-refractivity contribution is 0.796. The number of thioether (sulfide) groups is 1. The van der Waals surface area contributed by atoms with Gasteiger partial charge in [-0.1, -0.05) is 11.6 Å². The number of aromatic nitrogens is 2. The van der Waals surface area contributed by atoms with E-state index in [4.69, 9.17) is 11.6 Å². The Morgan fingerprint density at radius 2 is 2.13 bits per heavy atom. The van der Waals surface area contributed by atoms with Gasteiger partial charge in [-0.25, -0.2) is 0 Å². The number of nitrogens with zero attached hydrogens (tertiary/aromatic N) is 2. The Hall–Kier alpha value is -0.480. The van der Waals surface area contributed by atoms with E-state index in [1.807, 2.05) is 25.6 Å². The largest absolute Gasteiger partial charge is 0.365 e. The first-order valence-corrected chi connectivity index (χ1v) is 6.55. The maximum absolute atomic E-state index is 5.90. The van der Waals surface area contributed by atoms with Gasteiger partial charge in [-0.3, -0.25) is 0 Å². The SMILES string of the molecule is Cc1c(Cl)nnc(NC2CCSC2)c1C. The molecule has 15 heavy (non-hydrogen) atoms. The fourth-order valence-corrected chi connectivity index (χ4v) is 2.89. The molecule has 1 unspecified atom stereocenters. The summed E-state index contributed by atoms with van der Waals surface area (Å²) in [5.74, 6) is 3.27. The molecule has 82 valence electrons. The summed E-state index contributed by atoms with van der Waals surface area (Å²) >= 11 is 7.87. The van der Waals surface area contributed by atoms with Crippen LogP contribution in [-0.2, 0) is 0 Å². The van der Waals surface area contributed by atoms with Crippen molar-refractivity contribution < 1.29 is 0 Å². The van der Waals surface area contributed by atoms with Gasteiger partial charge in [0.1, 0.15) is 0 Å². The van der Waals surface area contributed by atoms with Gasteiger partial charge in [-0.2, -0.15) is 11.8 Å². The fraction of sp³-hybridized carbons (Fsp3) is 0.600. The van der Waals surface area contributed by atoms with Crippen molar-refractivity contribution in [2.24, 2.45) is 0 Å². The summed E-state index contributed by atoms with van der Waals surface area (Å²) in [5.41, 5.74) is 2.12. The van der Waals surface area contributed by atoms with Gasteiger partial charge in [0.05, 0.1) is 0 Å². The minimum atomic E-state index is 0.499. The Bertz CT molecular complexity index is 364. The molecular weight excluding hydrogens is 230 g/mol. The molecule has 0 spiro atoms. The number of rotatable bonds is 2. The minimum absolute atomic E-state index is 0.499. The van der Waals surface area contributed by atoms with Crippen LogP contribution in [0.4, 0.5) is 5.82 Å². The van der Waals surface area contributed by atoms with E-state index in [0.29, 0.717) is 11.2 Å². The topological polar surface area (TPSA) is 37.8 Å². The molecule has 2 rings (SSSR count). The van der Waals surface area contributed by atoms with Crippen LogP contribution in [0.3, 0.4) is 0 Å². The van der Waals surface area contributed by atoms with Crippen molar-refractivity contribution in [3.8, 4) is 0 Å². The predicted molar refractivity (Wildman–Crippen MR) is 65.9 cm³/mol. The molecule has 0 amide bonds. The summed E-state index contributed by atoms with van der Waals surface area (Å²) in [6, 6.07) is 0.531. The van der Waals surface area contributed by atoms with Gasteiger partial charge >= 0.3 is 0 Å². The maximum atomic E-state index is 5.90. The van der Waals surface area contributed by atoms with Crippen molar-refractivity contribution in [1.29, 1.82) is 0 Å². The van der Waals surface area contributed by atoms with Gasteiger partial charge in [-0.05, 0) is 37.1 Å². The molecule has 1 aromatic rings. The van der Waals surface area contributed by atoms with Crippen molar-refractivity contribution in [2.75, 3.05) is 16.8 Å². The summed E-state index contributed by atoms with van der Waals surface area (Å²) < 4.78 is 0. The molecule has 1 aliphatic rings. The third-order valence-corrected chi connectivity index (χ3v) is 4.26.